The summed E-state index contributed by atoms with van der Waals surface area (Å²) in [6, 6.07) is 11.5. The highest BCUT2D eigenvalue weighted by atomic mass is 16.5. The lowest BCUT2D eigenvalue weighted by molar-refractivity contribution is 0.318. The van der Waals surface area contributed by atoms with E-state index in [4.69, 9.17) is 4.74 Å². The van der Waals surface area contributed by atoms with E-state index in [0.29, 0.717) is 17.9 Å². The van der Waals surface area contributed by atoms with E-state index in [-0.39, 0.29) is 5.75 Å². The number of ether oxygens (including phenoxy) is 1. The van der Waals surface area contributed by atoms with Crippen molar-refractivity contribution < 1.29 is 9.84 Å². The minimum atomic E-state index is 0.128. The molecule has 0 unspecified atom stereocenters. The van der Waals surface area contributed by atoms with Gasteiger partial charge in [0.25, 0.3) is 0 Å². The summed E-state index contributed by atoms with van der Waals surface area (Å²) in [7, 11) is 0. The molecule has 2 aromatic rings. The highest BCUT2D eigenvalue weighted by molar-refractivity contribution is 5.86. The van der Waals surface area contributed by atoms with Crippen molar-refractivity contribution in [3.8, 4) is 11.5 Å². The number of hydrogen-bond donors (Lipinski definition) is 1. The summed E-state index contributed by atoms with van der Waals surface area (Å²) in [6.45, 7) is 6.45. The average Bonchev–Trinajstić information content (AvgIpc) is 2.43. The Morgan fingerprint density at radius 3 is 2.75 bits per heavy atom. The molecule has 0 atom stereocenters. The third-order valence-electron chi connectivity index (χ3n) is 3.04. The summed E-state index contributed by atoms with van der Waals surface area (Å²) >= 11 is 0. The van der Waals surface area contributed by atoms with Crippen molar-refractivity contribution in [2.45, 2.75) is 20.8 Å². The van der Waals surface area contributed by atoms with Gasteiger partial charge in [0.1, 0.15) is 0 Å². The van der Waals surface area contributed by atoms with Gasteiger partial charge in [0.15, 0.2) is 11.5 Å². The SMILES string of the molecule is CCOc1cccc(C=Nc2cc(C)ccc2C)c1O. The molecule has 2 rings (SSSR count). The third-order valence-corrected chi connectivity index (χ3v) is 3.04. The van der Waals surface area contributed by atoms with E-state index in [1.165, 1.54) is 0 Å². The molecule has 3 nitrogen and oxygen atoms in total. The summed E-state index contributed by atoms with van der Waals surface area (Å²) in [5, 5.41) is 10.1. The van der Waals surface area contributed by atoms with E-state index in [1.54, 1.807) is 12.3 Å². The number of phenols is 1. The summed E-state index contributed by atoms with van der Waals surface area (Å²) < 4.78 is 5.36. The zero-order valence-corrected chi connectivity index (χ0v) is 12.1. The zero-order valence-electron chi connectivity index (χ0n) is 12.1. The predicted octanol–water partition coefficient (Wildman–Crippen LogP) is 4.16. The van der Waals surface area contributed by atoms with Crippen molar-refractivity contribution in [1.82, 2.24) is 0 Å². The van der Waals surface area contributed by atoms with E-state index in [1.807, 2.05) is 45.0 Å². The Labute approximate surface area is 119 Å². The van der Waals surface area contributed by atoms with E-state index < -0.39 is 0 Å². The largest absolute Gasteiger partial charge is 0.504 e. The Morgan fingerprint density at radius 2 is 2.00 bits per heavy atom. The fraction of sp³-hybridized carbons (Fsp3) is 0.235. The van der Waals surface area contributed by atoms with Crippen LogP contribution in [0.4, 0.5) is 5.69 Å². The number of phenolic OH excluding ortho intramolecular Hbond substituents is 1. The van der Waals surface area contributed by atoms with E-state index in [2.05, 4.69) is 11.1 Å². The second kappa shape index (κ2) is 6.24. The maximum atomic E-state index is 10.1. The van der Waals surface area contributed by atoms with Gasteiger partial charge in [-0.15, -0.1) is 0 Å². The molecule has 3 heteroatoms. The molecule has 0 heterocycles. The summed E-state index contributed by atoms with van der Waals surface area (Å²) in [6.07, 6.45) is 1.67. The van der Waals surface area contributed by atoms with E-state index >= 15 is 0 Å². The number of para-hydroxylation sites is 1. The van der Waals surface area contributed by atoms with Gasteiger partial charge in [-0.05, 0) is 50.1 Å². The van der Waals surface area contributed by atoms with Crippen LogP contribution in [0, 0.1) is 13.8 Å². The molecule has 0 amide bonds. The van der Waals surface area contributed by atoms with Gasteiger partial charge < -0.3 is 9.84 Å². The number of nitrogens with zero attached hydrogens (tertiary/aromatic N) is 1. The quantitative estimate of drug-likeness (QED) is 0.847. The second-order valence-corrected chi connectivity index (χ2v) is 4.68. The molecule has 2 aromatic carbocycles. The van der Waals surface area contributed by atoms with Crippen LogP contribution in [0.15, 0.2) is 41.4 Å². The predicted molar refractivity (Wildman–Crippen MR) is 82.4 cm³/mol. The molecule has 1 N–H and O–H groups in total. The van der Waals surface area contributed by atoms with Gasteiger partial charge >= 0.3 is 0 Å². The molecular weight excluding hydrogens is 250 g/mol. The fourth-order valence-electron chi connectivity index (χ4n) is 1.91. The first-order valence-electron chi connectivity index (χ1n) is 6.68. The Bertz CT molecular complexity index is 633. The molecule has 0 saturated carbocycles. The average molecular weight is 269 g/mol. The van der Waals surface area contributed by atoms with Crippen LogP contribution >= 0.6 is 0 Å². The molecule has 0 aliphatic carbocycles. The van der Waals surface area contributed by atoms with Gasteiger partial charge in [-0.25, -0.2) is 0 Å². The summed E-state index contributed by atoms with van der Waals surface area (Å²) in [4.78, 5) is 4.46. The standard InChI is InChI=1S/C17H19NO2/c1-4-20-16-7-5-6-14(17(16)19)11-18-15-10-12(2)8-9-13(15)3/h5-11,19H,4H2,1-3H3. The Hall–Kier alpha value is -2.29. The van der Waals surface area contributed by atoms with Crippen LogP contribution in [0.2, 0.25) is 0 Å². The van der Waals surface area contributed by atoms with Crippen LogP contribution in [0.1, 0.15) is 23.6 Å². The molecule has 0 fully saturated rings. The van der Waals surface area contributed by atoms with Gasteiger partial charge in [-0.2, -0.15) is 0 Å². The van der Waals surface area contributed by atoms with E-state index in [0.717, 1.165) is 16.8 Å². The van der Waals surface area contributed by atoms with Crippen LogP contribution in [0.25, 0.3) is 0 Å². The lowest BCUT2D eigenvalue weighted by atomic mass is 10.1. The zero-order chi connectivity index (χ0) is 14.5. The van der Waals surface area contributed by atoms with Gasteiger partial charge in [-0.1, -0.05) is 18.2 Å². The van der Waals surface area contributed by atoms with Crippen molar-refractivity contribution in [3.05, 3.63) is 53.1 Å². The smallest absolute Gasteiger partial charge is 0.166 e. The molecule has 104 valence electrons. The van der Waals surface area contributed by atoms with Gasteiger partial charge in [0.05, 0.1) is 12.3 Å². The maximum Gasteiger partial charge on any atom is 0.166 e. The number of aliphatic imine (C=N–C) groups is 1. The summed E-state index contributed by atoms with van der Waals surface area (Å²) in [5.74, 6) is 0.612. The molecular formula is C17H19NO2. The molecule has 0 spiro atoms. The lowest BCUT2D eigenvalue weighted by Gasteiger charge is -2.07. The first kappa shape index (κ1) is 14.1. The van der Waals surface area contributed by atoms with Gasteiger partial charge in [-0.3, -0.25) is 4.99 Å². The summed E-state index contributed by atoms with van der Waals surface area (Å²) in [5.41, 5.74) is 3.82. The third kappa shape index (κ3) is 3.18. The van der Waals surface area contributed by atoms with Gasteiger partial charge in [0.2, 0.25) is 0 Å². The number of aryl methyl sites for hydroxylation is 2. The van der Waals surface area contributed by atoms with Crippen LogP contribution in [-0.2, 0) is 0 Å². The number of rotatable bonds is 4. The number of benzene rings is 2. The molecule has 0 aromatic heterocycles. The van der Waals surface area contributed by atoms with Crippen LogP contribution < -0.4 is 4.74 Å². The van der Waals surface area contributed by atoms with Crippen molar-refractivity contribution in [2.75, 3.05) is 6.61 Å². The Balaban J connectivity index is 2.32. The van der Waals surface area contributed by atoms with Gasteiger partial charge in [0, 0.05) is 11.8 Å². The van der Waals surface area contributed by atoms with Crippen molar-refractivity contribution >= 4 is 11.9 Å². The lowest BCUT2D eigenvalue weighted by Crippen LogP contribution is -1.93. The molecule has 20 heavy (non-hydrogen) atoms. The Kier molecular flexibility index (Phi) is 4.41. The normalized spacial score (nSPS) is 10.9. The number of aromatic hydroxyl groups is 1. The highest BCUT2D eigenvalue weighted by Crippen LogP contribution is 2.29. The molecule has 0 aliphatic rings. The molecule has 0 bridgehead atoms. The molecule has 0 aliphatic heterocycles. The minimum Gasteiger partial charge on any atom is -0.504 e. The van der Waals surface area contributed by atoms with Crippen molar-refractivity contribution in [2.24, 2.45) is 4.99 Å². The number of hydrogen-bond acceptors (Lipinski definition) is 3. The fourth-order valence-corrected chi connectivity index (χ4v) is 1.91. The van der Waals surface area contributed by atoms with E-state index in [9.17, 15) is 5.11 Å². The first-order chi connectivity index (χ1) is 9.61. The van der Waals surface area contributed by atoms with Crippen molar-refractivity contribution in [3.63, 3.8) is 0 Å². The molecule has 0 radical (unpaired) electrons. The van der Waals surface area contributed by atoms with Crippen LogP contribution in [0.5, 0.6) is 11.5 Å². The van der Waals surface area contributed by atoms with Crippen LogP contribution in [-0.4, -0.2) is 17.9 Å². The topological polar surface area (TPSA) is 41.8 Å². The van der Waals surface area contributed by atoms with Crippen molar-refractivity contribution in [1.29, 1.82) is 0 Å². The maximum absolute atomic E-state index is 10.1. The second-order valence-electron chi connectivity index (χ2n) is 4.68. The Morgan fingerprint density at radius 1 is 1.20 bits per heavy atom. The first-order valence-corrected chi connectivity index (χ1v) is 6.68. The van der Waals surface area contributed by atoms with Crippen LogP contribution in [0.3, 0.4) is 0 Å². The monoisotopic (exact) mass is 269 g/mol. The highest BCUT2D eigenvalue weighted by Gasteiger charge is 2.05. The minimum absolute atomic E-state index is 0.128. The molecule has 0 saturated heterocycles.